The second-order valence-corrected chi connectivity index (χ2v) is 10.0. The Balaban J connectivity index is 1.55. The summed E-state index contributed by atoms with van der Waals surface area (Å²) in [7, 11) is 0. The van der Waals surface area contributed by atoms with Gasteiger partial charge in [0.25, 0.3) is 5.91 Å². The van der Waals surface area contributed by atoms with Crippen molar-refractivity contribution in [1.29, 1.82) is 0 Å². The SMILES string of the molecule is C[C@H](NC(=O)[C@@H](O)c1cc(F)cc(F)c1)C(=O)N[C@]1(C)C(=O)NC[C@H](c2ccccc2)C[C@@H]1c1ccccc1. The molecule has 3 amide bonds. The van der Waals surface area contributed by atoms with Crippen molar-refractivity contribution in [2.24, 2.45) is 0 Å². The van der Waals surface area contributed by atoms with Crippen molar-refractivity contribution < 1.29 is 28.3 Å². The Kier molecular flexibility index (Phi) is 8.40. The van der Waals surface area contributed by atoms with E-state index in [4.69, 9.17) is 0 Å². The second-order valence-electron chi connectivity index (χ2n) is 10.0. The number of carbonyl (C=O) groups excluding carboxylic acids is 3. The van der Waals surface area contributed by atoms with Gasteiger partial charge in [0, 0.05) is 24.4 Å². The molecule has 1 aliphatic rings. The minimum Gasteiger partial charge on any atom is -0.378 e. The Bertz CT molecular complexity index is 1320. The molecule has 0 aliphatic carbocycles. The zero-order chi connectivity index (χ0) is 28.2. The topological polar surface area (TPSA) is 108 Å². The average Bonchev–Trinajstić information content (AvgIpc) is 3.04. The fourth-order valence-electron chi connectivity index (χ4n) is 5.05. The van der Waals surface area contributed by atoms with Crippen molar-refractivity contribution in [3.8, 4) is 0 Å². The van der Waals surface area contributed by atoms with Crippen LogP contribution in [0.15, 0.2) is 78.9 Å². The van der Waals surface area contributed by atoms with E-state index in [0.717, 1.165) is 23.3 Å². The highest BCUT2D eigenvalue weighted by molar-refractivity contribution is 5.95. The molecule has 1 heterocycles. The third kappa shape index (κ3) is 6.31. The monoisotopic (exact) mass is 535 g/mol. The number of aliphatic hydroxyl groups is 1. The molecule has 0 aromatic heterocycles. The highest BCUT2D eigenvalue weighted by atomic mass is 19.1. The Hall–Kier alpha value is -4.11. The maximum Gasteiger partial charge on any atom is 0.254 e. The smallest absolute Gasteiger partial charge is 0.254 e. The molecule has 9 heteroatoms. The van der Waals surface area contributed by atoms with Crippen LogP contribution < -0.4 is 16.0 Å². The van der Waals surface area contributed by atoms with Crippen LogP contribution in [0, 0.1) is 11.6 Å². The van der Waals surface area contributed by atoms with Crippen LogP contribution in [0.4, 0.5) is 8.78 Å². The summed E-state index contributed by atoms with van der Waals surface area (Å²) >= 11 is 0. The molecule has 0 bridgehead atoms. The molecule has 0 saturated carbocycles. The van der Waals surface area contributed by atoms with E-state index in [0.29, 0.717) is 19.0 Å². The van der Waals surface area contributed by atoms with E-state index in [2.05, 4.69) is 16.0 Å². The zero-order valence-electron chi connectivity index (χ0n) is 21.7. The van der Waals surface area contributed by atoms with Crippen LogP contribution in [-0.2, 0) is 14.4 Å². The lowest BCUT2D eigenvalue weighted by Crippen LogP contribution is -2.62. The first-order valence-electron chi connectivity index (χ1n) is 12.7. The molecular weight excluding hydrogens is 504 g/mol. The summed E-state index contributed by atoms with van der Waals surface area (Å²) in [6, 6.07) is 20.4. The number of nitrogens with one attached hydrogen (secondary N) is 3. The molecule has 0 radical (unpaired) electrons. The third-order valence-electron chi connectivity index (χ3n) is 7.25. The van der Waals surface area contributed by atoms with Gasteiger partial charge in [-0.05, 0) is 49.1 Å². The van der Waals surface area contributed by atoms with E-state index in [-0.39, 0.29) is 17.4 Å². The van der Waals surface area contributed by atoms with Gasteiger partial charge in [0.05, 0.1) is 0 Å². The number of benzene rings is 3. The van der Waals surface area contributed by atoms with E-state index < -0.39 is 47.1 Å². The number of hydrogen-bond donors (Lipinski definition) is 4. The van der Waals surface area contributed by atoms with Gasteiger partial charge in [0.2, 0.25) is 11.8 Å². The number of amides is 3. The highest BCUT2D eigenvalue weighted by Gasteiger charge is 2.47. The quantitative estimate of drug-likeness (QED) is 0.372. The van der Waals surface area contributed by atoms with E-state index in [9.17, 15) is 28.3 Å². The van der Waals surface area contributed by atoms with Crippen molar-refractivity contribution in [2.45, 2.75) is 49.8 Å². The summed E-state index contributed by atoms with van der Waals surface area (Å²) in [5.74, 6) is -4.33. The third-order valence-corrected chi connectivity index (χ3v) is 7.25. The summed E-state index contributed by atoms with van der Waals surface area (Å²) in [6.45, 7) is 3.44. The lowest BCUT2D eigenvalue weighted by Gasteiger charge is -2.37. The van der Waals surface area contributed by atoms with Crippen molar-refractivity contribution in [3.63, 3.8) is 0 Å². The number of rotatable bonds is 7. The molecule has 1 fully saturated rings. The maximum absolute atomic E-state index is 13.5. The maximum atomic E-state index is 13.5. The molecule has 1 saturated heterocycles. The number of aliphatic hydroxyl groups excluding tert-OH is 1. The molecule has 4 rings (SSSR count). The molecule has 1 aliphatic heterocycles. The molecule has 4 N–H and O–H groups in total. The number of carbonyl (C=O) groups is 3. The fraction of sp³-hybridized carbons (Fsp3) is 0.300. The van der Waals surface area contributed by atoms with Crippen LogP contribution in [0.25, 0.3) is 0 Å². The molecule has 0 unspecified atom stereocenters. The van der Waals surface area contributed by atoms with Crippen LogP contribution in [-0.4, -0.2) is 41.0 Å². The van der Waals surface area contributed by atoms with Gasteiger partial charge >= 0.3 is 0 Å². The molecule has 5 atom stereocenters. The lowest BCUT2D eigenvalue weighted by molar-refractivity contribution is -0.137. The molecule has 7 nitrogen and oxygen atoms in total. The largest absolute Gasteiger partial charge is 0.378 e. The van der Waals surface area contributed by atoms with E-state index >= 15 is 0 Å². The summed E-state index contributed by atoms with van der Waals surface area (Å²) in [5.41, 5.74) is 0.283. The second kappa shape index (κ2) is 11.7. The van der Waals surface area contributed by atoms with Gasteiger partial charge in [-0.15, -0.1) is 0 Å². The van der Waals surface area contributed by atoms with Crippen LogP contribution >= 0.6 is 0 Å². The summed E-state index contributed by atoms with van der Waals surface area (Å²) < 4.78 is 27.1. The first kappa shape index (κ1) is 27.9. The van der Waals surface area contributed by atoms with E-state index in [1.807, 2.05) is 60.7 Å². The van der Waals surface area contributed by atoms with Crippen LogP contribution in [0.5, 0.6) is 0 Å². The van der Waals surface area contributed by atoms with E-state index in [1.165, 1.54) is 6.92 Å². The Labute approximate surface area is 225 Å². The van der Waals surface area contributed by atoms with E-state index in [1.54, 1.807) is 6.92 Å². The van der Waals surface area contributed by atoms with Gasteiger partial charge in [-0.3, -0.25) is 14.4 Å². The van der Waals surface area contributed by atoms with Crippen LogP contribution in [0.1, 0.15) is 54.9 Å². The fourth-order valence-corrected chi connectivity index (χ4v) is 5.05. The van der Waals surface area contributed by atoms with Crippen molar-refractivity contribution in [1.82, 2.24) is 16.0 Å². The van der Waals surface area contributed by atoms with Crippen LogP contribution in [0.2, 0.25) is 0 Å². The zero-order valence-corrected chi connectivity index (χ0v) is 21.7. The number of halogens is 2. The minimum absolute atomic E-state index is 0.00183. The molecule has 0 spiro atoms. The van der Waals surface area contributed by atoms with Gasteiger partial charge in [0.15, 0.2) is 6.10 Å². The number of hydrogen-bond acceptors (Lipinski definition) is 4. The lowest BCUT2D eigenvalue weighted by atomic mass is 9.74. The van der Waals surface area contributed by atoms with Crippen molar-refractivity contribution in [2.75, 3.05) is 6.54 Å². The predicted molar refractivity (Wildman–Crippen MR) is 141 cm³/mol. The minimum atomic E-state index is -1.90. The van der Waals surface area contributed by atoms with Gasteiger partial charge in [0.1, 0.15) is 23.2 Å². The summed E-state index contributed by atoms with van der Waals surface area (Å²) in [4.78, 5) is 39.4. The summed E-state index contributed by atoms with van der Waals surface area (Å²) in [6.07, 6.45) is -1.33. The first-order chi connectivity index (χ1) is 18.6. The molecular formula is C30H31F2N3O4. The Morgan fingerprint density at radius 2 is 1.51 bits per heavy atom. The normalized spacial score (nSPS) is 22.6. The highest BCUT2D eigenvalue weighted by Crippen LogP contribution is 2.39. The Morgan fingerprint density at radius 1 is 0.949 bits per heavy atom. The van der Waals surface area contributed by atoms with Gasteiger partial charge in [-0.25, -0.2) is 8.78 Å². The predicted octanol–water partition coefficient (Wildman–Crippen LogP) is 3.47. The Morgan fingerprint density at radius 3 is 2.10 bits per heavy atom. The van der Waals surface area contributed by atoms with Gasteiger partial charge in [-0.1, -0.05) is 60.7 Å². The molecule has 3 aromatic rings. The van der Waals surface area contributed by atoms with Crippen molar-refractivity contribution >= 4 is 17.7 Å². The van der Waals surface area contributed by atoms with Crippen LogP contribution in [0.3, 0.4) is 0 Å². The van der Waals surface area contributed by atoms with Gasteiger partial charge < -0.3 is 21.1 Å². The van der Waals surface area contributed by atoms with Crippen molar-refractivity contribution in [3.05, 3.63) is 107 Å². The molecule has 3 aromatic carbocycles. The molecule has 39 heavy (non-hydrogen) atoms. The summed E-state index contributed by atoms with van der Waals surface area (Å²) in [5, 5.41) is 18.5. The average molecular weight is 536 g/mol. The van der Waals surface area contributed by atoms with Gasteiger partial charge in [-0.2, -0.15) is 0 Å². The first-order valence-corrected chi connectivity index (χ1v) is 12.7. The standard InChI is InChI=1S/C30H31F2N3O4/c1-18(34-28(38)26(36)21-13-23(31)16-24(32)14-21)27(37)35-30(2)25(20-11-7-4-8-12-20)15-22(17-33-29(30)39)19-9-5-3-6-10-19/h3-14,16,18,22,25-26,36H,15,17H2,1-2H3,(H,33,39)(H,34,38)(H,35,37)/t18-,22+,25+,26-,30-/m0/s1. The molecule has 204 valence electrons.